The number of aromatic nitrogens is 1. The lowest BCUT2D eigenvalue weighted by Crippen LogP contribution is -2.34. The molecule has 0 bridgehead atoms. The molecule has 0 spiro atoms. The van der Waals surface area contributed by atoms with E-state index < -0.39 is 0 Å². The highest BCUT2D eigenvalue weighted by Gasteiger charge is 2.19. The number of para-hydroxylation sites is 1. The molecule has 3 nitrogen and oxygen atoms in total. The van der Waals surface area contributed by atoms with Gasteiger partial charge in [-0.3, -0.25) is 0 Å². The maximum atomic E-state index is 5.91. The number of hydrogen-bond donors (Lipinski definition) is 1. The summed E-state index contributed by atoms with van der Waals surface area (Å²) in [6, 6.07) is 10.5. The Labute approximate surface area is 114 Å². The summed E-state index contributed by atoms with van der Waals surface area (Å²) in [4.78, 5) is 7.24. The Bertz CT molecular complexity index is 571. The quantitative estimate of drug-likeness (QED) is 0.897. The first-order chi connectivity index (χ1) is 9.28. The highest BCUT2D eigenvalue weighted by molar-refractivity contribution is 5.81. The summed E-state index contributed by atoms with van der Waals surface area (Å²) >= 11 is 0. The lowest BCUT2D eigenvalue weighted by atomic mass is 9.99. The van der Waals surface area contributed by atoms with Crippen molar-refractivity contribution in [2.45, 2.75) is 26.3 Å². The van der Waals surface area contributed by atoms with Crippen LogP contribution in [0.25, 0.3) is 10.9 Å². The topological polar surface area (TPSA) is 42.2 Å². The minimum atomic E-state index is 0.555. The Balaban J connectivity index is 2.01. The van der Waals surface area contributed by atoms with E-state index in [1.54, 1.807) is 0 Å². The van der Waals surface area contributed by atoms with Gasteiger partial charge in [-0.15, -0.1) is 0 Å². The van der Waals surface area contributed by atoms with Crippen LogP contribution in [-0.2, 0) is 6.54 Å². The van der Waals surface area contributed by atoms with Gasteiger partial charge < -0.3 is 10.6 Å². The first-order valence-corrected chi connectivity index (χ1v) is 7.11. The van der Waals surface area contributed by atoms with Crippen molar-refractivity contribution < 1.29 is 0 Å². The molecule has 3 heteroatoms. The number of benzene rings is 1. The van der Waals surface area contributed by atoms with Gasteiger partial charge in [-0.25, -0.2) is 4.98 Å². The highest BCUT2D eigenvalue weighted by Crippen LogP contribution is 2.27. The summed E-state index contributed by atoms with van der Waals surface area (Å²) < 4.78 is 0. The summed E-state index contributed by atoms with van der Waals surface area (Å²) in [5.74, 6) is 1.92. The fraction of sp³-hybridized carbons (Fsp3) is 0.438. The van der Waals surface area contributed by atoms with Crippen molar-refractivity contribution >= 4 is 16.7 Å². The van der Waals surface area contributed by atoms with Gasteiger partial charge in [0.1, 0.15) is 5.82 Å². The third-order valence-corrected chi connectivity index (χ3v) is 4.08. The summed E-state index contributed by atoms with van der Waals surface area (Å²) in [7, 11) is 0. The molecule has 1 fully saturated rings. The predicted molar refractivity (Wildman–Crippen MR) is 80.2 cm³/mol. The van der Waals surface area contributed by atoms with Gasteiger partial charge in [0, 0.05) is 30.6 Å². The van der Waals surface area contributed by atoms with Gasteiger partial charge in [-0.05, 0) is 30.9 Å². The van der Waals surface area contributed by atoms with Crippen molar-refractivity contribution in [1.29, 1.82) is 0 Å². The van der Waals surface area contributed by atoms with Crippen LogP contribution >= 0.6 is 0 Å². The van der Waals surface area contributed by atoms with Gasteiger partial charge in [0.05, 0.1) is 5.52 Å². The lowest BCUT2D eigenvalue weighted by Gasteiger charge is -2.32. The van der Waals surface area contributed by atoms with E-state index in [9.17, 15) is 0 Å². The van der Waals surface area contributed by atoms with Crippen molar-refractivity contribution in [3.05, 3.63) is 35.9 Å². The second kappa shape index (κ2) is 5.17. The molecule has 100 valence electrons. The number of rotatable bonds is 2. The molecule has 1 aliphatic heterocycles. The summed E-state index contributed by atoms with van der Waals surface area (Å²) in [6.45, 7) is 5.08. The number of piperidine rings is 1. The molecule has 1 aromatic carbocycles. The van der Waals surface area contributed by atoms with E-state index in [1.165, 1.54) is 18.2 Å². The van der Waals surface area contributed by atoms with Crippen LogP contribution in [-0.4, -0.2) is 18.1 Å². The number of nitrogens with two attached hydrogens (primary N) is 1. The van der Waals surface area contributed by atoms with Crippen LogP contribution < -0.4 is 10.6 Å². The Morgan fingerprint density at radius 1 is 1.26 bits per heavy atom. The first kappa shape index (κ1) is 12.4. The molecule has 1 saturated heterocycles. The molecule has 3 rings (SSSR count). The number of pyridine rings is 1. The van der Waals surface area contributed by atoms with E-state index in [2.05, 4.69) is 30.0 Å². The molecule has 2 N–H and O–H groups in total. The van der Waals surface area contributed by atoms with Crippen LogP contribution in [0.1, 0.15) is 25.3 Å². The molecule has 0 aliphatic carbocycles. The molecule has 0 saturated carbocycles. The molecule has 0 radical (unpaired) electrons. The van der Waals surface area contributed by atoms with Crippen molar-refractivity contribution in [3.8, 4) is 0 Å². The zero-order valence-electron chi connectivity index (χ0n) is 11.5. The summed E-state index contributed by atoms with van der Waals surface area (Å²) in [5, 5.41) is 1.18. The van der Waals surface area contributed by atoms with E-state index in [0.717, 1.165) is 35.9 Å². The molecular weight excluding hydrogens is 234 g/mol. The van der Waals surface area contributed by atoms with E-state index in [0.29, 0.717) is 6.54 Å². The second-order valence-electron chi connectivity index (χ2n) is 5.54. The molecular formula is C16H21N3. The van der Waals surface area contributed by atoms with E-state index in [1.807, 2.05) is 12.1 Å². The minimum Gasteiger partial charge on any atom is -0.356 e. The molecule has 0 amide bonds. The zero-order valence-corrected chi connectivity index (χ0v) is 11.5. The fourth-order valence-electron chi connectivity index (χ4n) is 2.79. The van der Waals surface area contributed by atoms with Crippen LogP contribution in [0.5, 0.6) is 0 Å². The average molecular weight is 255 g/mol. The van der Waals surface area contributed by atoms with Crippen molar-refractivity contribution in [3.63, 3.8) is 0 Å². The van der Waals surface area contributed by atoms with E-state index in [4.69, 9.17) is 10.7 Å². The normalized spacial score (nSPS) is 17.1. The molecule has 19 heavy (non-hydrogen) atoms. The van der Waals surface area contributed by atoms with Crippen LogP contribution in [0.3, 0.4) is 0 Å². The van der Waals surface area contributed by atoms with Gasteiger partial charge >= 0.3 is 0 Å². The SMILES string of the molecule is CC1CCN(c2nc3ccccc3cc2CN)CC1. The molecule has 1 aromatic heterocycles. The molecule has 1 aliphatic rings. The minimum absolute atomic E-state index is 0.555. The Hall–Kier alpha value is -1.61. The maximum Gasteiger partial charge on any atom is 0.133 e. The monoisotopic (exact) mass is 255 g/mol. The molecule has 2 heterocycles. The first-order valence-electron chi connectivity index (χ1n) is 7.11. The standard InChI is InChI=1S/C16H21N3/c1-12-6-8-19(9-7-12)16-14(11-17)10-13-4-2-3-5-15(13)18-16/h2-5,10,12H,6-9,11,17H2,1H3. The van der Waals surface area contributed by atoms with Crippen LogP contribution in [0, 0.1) is 5.92 Å². The Kier molecular flexibility index (Phi) is 3.38. The van der Waals surface area contributed by atoms with Gasteiger partial charge in [0.2, 0.25) is 0 Å². The van der Waals surface area contributed by atoms with E-state index in [-0.39, 0.29) is 0 Å². The van der Waals surface area contributed by atoms with Crippen molar-refractivity contribution in [2.24, 2.45) is 11.7 Å². The molecule has 0 unspecified atom stereocenters. The number of nitrogens with zero attached hydrogens (tertiary/aromatic N) is 2. The van der Waals surface area contributed by atoms with Crippen molar-refractivity contribution in [1.82, 2.24) is 4.98 Å². The second-order valence-corrected chi connectivity index (χ2v) is 5.54. The summed E-state index contributed by atoms with van der Waals surface area (Å²) in [5.41, 5.74) is 8.13. The van der Waals surface area contributed by atoms with Crippen LogP contribution in [0.4, 0.5) is 5.82 Å². The third-order valence-electron chi connectivity index (χ3n) is 4.08. The van der Waals surface area contributed by atoms with Crippen LogP contribution in [0.2, 0.25) is 0 Å². The van der Waals surface area contributed by atoms with E-state index >= 15 is 0 Å². The zero-order chi connectivity index (χ0) is 13.2. The number of fused-ring (bicyclic) bond motifs is 1. The fourth-order valence-corrected chi connectivity index (χ4v) is 2.79. The molecule has 2 aromatic rings. The van der Waals surface area contributed by atoms with Gasteiger partial charge in [-0.1, -0.05) is 25.1 Å². The maximum absolute atomic E-state index is 5.91. The van der Waals surface area contributed by atoms with Gasteiger partial charge in [-0.2, -0.15) is 0 Å². The Morgan fingerprint density at radius 3 is 2.74 bits per heavy atom. The average Bonchev–Trinajstić information content (AvgIpc) is 2.46. The lowest BCUT2D eigenvalue weighted by molar-refractivity contribution is 0.436. The Morgan fingerprint density at radius 2 is 2.00 bits per heavy atom. The predicted octanol–water partition coefficient (Wildman–Crippen LogP) is 2.93. The number of hydrogen-bond acceptors (Lipinski definition) is 3. The molecule has 0 atom stereocenters. The largest absolute Gasteiger partial charge is 0.356 e. The number of anilines is 1. The van der Waals surface area contributed by atoms with Crippen molar-refractivity contribution in [2.75, 3.05) is 18.0 Å². The smallest absolute Gasteiger partial charge is 0.133 e. The third kappa shape index (κ3) is 2.43. The van der Waals surface area contributed by atoms with Gasteiger partial charge in [0.15, 0.2) is 0 Å². The summed E-state index contributed by atoms with van der Waals surface area (Å²) in [6.07, 6.45) is 2.50. The van der Waals surface area contributed by atoms with Crippen LogP contribution in [0.15, 0.2) is 30.3 Å². The van der Waals surface area contributed by atoms with Gasteiger partial charge in [0.25, 0.3) is 0 Å². The highest BCUT2D eigenvalue weighted by atomic mass is 15.2.